The van der Waals surface area contributed by atoms with Gasteiger partial charge in [-0.3, -0.25) is 19.7 Å². The Morgan fingerprint density at radius 2 is 1.85 bits per heavy atom. The number of amides is 1. The predicted molar refractivity (Wildman–Crippen MR) is 97.7 cm³/mol. The van der Waals surface area contributed by atoms with Crippen molar-refractivity contribution in [2.45, 2.75) is 49.0 Å². The summed E-state index contributed by atoms with van der Waals surface area (Å²) in [5, 5.41) is 23.6. The van der Waals surface area contributed by atoms with E-state index in [-0.39, 0.29) is 11.5 Å². The van der Waals surface area contributed by atoms with E-state index >= 15 is 0 Å². The molecule has 0 spiro atoms. The SMILES string of the molecule is CC(=O)C(NC(=O)C(N)c1ccc(O)cc1)C1NC(C(=O)O)C(C)(C)S1. The molecule has 142 valence electrons. The van der Waals surface area contributed by atoms with Gasteiger partial charge in [-0.05, 0) is 38.5 Å². The number of hydrogen-bond donors (Lipinski definition) is 5. The average Bonchev–Trinajstić information content (AvgIpc) is 2.87. The maximum Gasteiger partial charge on any atom is 0.322 e. The molecule has 1 aliphatic rings. The Balaban J connectivity index is 2.13. The Hall–Kier alpha value is -2.10. The molecule has 1 aromatic carbocycles. The van der Waals surface area contributed by atoms with Gasteiger partial charge in [0.1, 0.15) is 23.9 Å². The Kier molecular flexibility index (Phi) is 5.94. The molecule has 26 heavy (non-hydrogen) atoms. The van der Waals surface area contributed by atoms with E-state index in [0.29, 0.717) is 5.56 Å². The first-order valence-electron chi connectivity index (χ1n) is 8.05. The van der Waals surface area contributed by atoms with Crippen LogP contribution in [0.3, 0.4) is 0 Å². The molecule has 1 aromatic rings. The van der Waals surface area contributed by atoms with Crippen LogP contribution >= 0.6 is 11.8 Å². The number of phenols is 1. The second-order valence-electron chi connectivity index (χ2n) is 6.75. The number of rotatable bonds is 6. The maximum absolute atomic E-state index is 12.5. The Morgan fingerprint density at radius 1 is 1.27 bits per heavy atom. The minimum atomic E-state index is -1.02. The molecule has 1 saturated heterocycles. The van der Waals surface area contributed by atoms with Crippen molar-refractivity contribution in [1.82, 2.24) is 10.6 Å². The highest BCUT2D eigenvalue weighted by molar-refractivity contribution is 8.01. The van der Waals surface area contributed by atoms with Crippen LogP contribution in [-0.4, -0.2) is 50.1 Å². The summed E-state index contributed by atoms with van der Waals surface area (Å²) in [6, 6.07) is 3.09. The van der Waals surface area contributed by atoms with Crippen molar-refractivity contribution in [2.75, 3.05) is 0 Å². The quantitative estimate of drug-likeness (QED) is 0.475. The van der Waals surface area contributed by atoms with Crippen LogP contribution in [0, 0.1) is 0 Å². The van der Waals surface area contributed by atoms with Gasteiger partial charge in [0.05, 0.1) is 5.37 Å². The minimum absolute atomic E-state index is 0.0523. The van der Waals surface area contributed by atoms with Gasteiger partial charge in [-0.25, -0.2) is 0 Å². The van der Waals surface area contributed by atoms with Gasteiger partial charge < -0.3 is 21.3 Å². The molecule has 4 atom stereocenters. The summed E-state index contributed by atoms with van der Waals surface area (Å²) in [5.41, 5.74) is 6.42. The molecule has 4 unspecified atom stereocenters. The van der Waals surface area contributed by atoms with Crippen molar-refractivity contribution >= 4 is 29.4 Å². The average molecular weight is 381 g/mol. The zero-order valence-corrected chi connectivity index (χ0v) is 15.5. The van der Waals surface area contributed by atoms with Crippen LogP contribution in [0.1, 0.15) is 32.4 Å². The summed E-state index contributed by atoms with van der Waals surface area (Å²) in [5.74, 6) is -1.83. The molecule has 0 aromatic heterocycles. The van der Waals surface area contributed by atoms with Crippen LogP contribution in [0.15, 0.2) is 24.3 Å². The molecule has 1 aliphatic heterocycles. The van der Waals surface area contributed by atoms with Crippen molar-refractivity contribution in [3.63, 3.8) is 0 Å². The summed E-state index contributed by atoms with van der Waals surface area (Å²) in [7, 11) is 0. The third kappa shape index (κ3) is 4.35. The number of carbonyl (C=O) groups is 3. The van der Waals surface area contributed by atoms with Gasteiger partial charge in [-0.2, -0.15) is 0 Å². The number of carboxylic acids is 1. The molecular weight excluding hydrogens is 358 g/mol. The van der Waals surface area contributed by atoms with Crippen LogP contribution < -0.4 is 16.4 Å². The van der Waals surface area contributed by atoms with Crippen molar-refractivity contribution in [3.8, 4) is 5.75 Å². The lowest BCUT2D eigenvalue weighted by Gasteiger charge is -2.24. The van der Waals surface area contributed by atoms with Gasteiger partial charge in [-0.15, -0.1) is 11.8 Å². The number of Topliss-reactive ketones (excluding diaryl/α,β-unsaturated/α-hetero) is 1. The van der Waals surface area contributed by atoms with Crippen molar-refractivity contribution in [2.24, 2.45) is 5.73 Å². The number of aromatic hydroxyl groups is 1. The number of carbonyl (C=O) groups excluding carboxylic acids is 2. The highest BCUT2D eigenvalue weighted by Crippen LogP contribution is 2.39. The third-order valence-electron chi connectivity index (χ3n) is 4.28. The fourth-order valence-corrected chi connectivity index (χ4v) is 4.35. The van der Waals surface area contributed by atoms with E-state index in [0.717, 1.165) is 0 Å². The van der Waals surface area contributed by atoms with Crippen LogP contribution in [0.4, 0.5) is 0 Å². The molecule has 1 heterocycles. The second kappa shape index (κ2) is 7.65. The molecular formula is C17H23N3O5S. The van der Waals surface area contributed by atoms with Crippen LogP contribution in [0.25, 0.3) is 0 Å². The highest BCUT2D eigenvalue weighted by atomic mass is 32.2. The normalized spacial score (nSPS) is 23.8. The number of carboxylic acid groups (broad SMARTS) is 1. The Morgan fingerprint density at radius 3 is 2.31 bits per heavy atom. The van der Waals surface area contributed by atoms with Gasteiger partial charge in [0.15, 0.2) is 5.78 Å². The van der Waals surface area contributed by atoms with Gasteiger partial charge in [0, 0.05) is 4.75 Å². The van der Waals surface area contributed by atoms with E-state index in [1.54, 1.807) is 13.8 Å². The van der Waals surface area contributed by atoms with E-state index in [1.165, 1.54) is 43.0 Å². The van der Waals surface area contributed by atoms with Crippen molar-refractivity contribution in [3.05, 3.63) is 29.8 Å². The monoisotopic (exact) mass is 381 g/mol. The first-order valence-corrected chi connectivity index (χ1v) is 8.93. The lowest BCUT2D eigenvalue weighted by atomic mass is 10.0. The number of ketones is 1. The number of aliphatic carboxylic acids is 1. The minimum Gasteiger partial charge on any atom is -0.508 e. The molecule has 6 N–H and O–H groups in total. The first-order chi connectivity index (χ1) is 12.0. The smallest absolute Gasteiger partial charge is 0.322 e. The molecule has 2 rings (SSSR count). The zero-order chi connectivity index (χ0) is 19.6. The third-order valence-corrected chi connectivity index (χ3v) is 5.78. The van der Waals surface area contributed by atoms with Crippen LogP contribution in [-0.2, 0) is 14.4 Å². The fraction of sp³-hybridized carbons (Fsp3) is 0.471. The van der Waals surface area contributed by atoms with Gasteiger partial charge in [0.25, 0.3) is 0 Å². The molecule has 8 nitrogen and oxygen atoms in total. The lowest BCUT2D eigenvalue weighted by Crippen LogP contribution is -2.54. The van der Waals surface area contributed by atoms with Gasteiger partial charge in [0.2, 0.25) is 5.91 Å². The number of nitrogens with one attached hydrogen (secondary N) is 2. The van der Waals surface area contributed by atoms with E-state index in [1.807, 2.05) is 0 Å². The van der Waals surface area contributed by atoms with Gasteiger partial charge >= 0.3 is 5.97 Å². The number of thioether (sulfide) groups is 1. The lowest BCUT2D eigenvalue weighted by molar-refractivity contribution is -0.140. The number of hydrogen-bond acceptors (Lipinski definition) is 7. The number of benzene rings is 1. The largest absolute Gasteiger partial charge is 0.508 e. The first kappa shape index (κ1) is 20.2. The molecule has 0 aliphatic carbocycles. The zero-order valence-electron chi connectivity index (χ0n) is 14.7. The second-order valence-corrected chi connectivity index (χ2v) is 8.54. The molecule has 0 saturated carbocycles. The standard InChI is InChI=1S/C17H23N3O5S/c1-8(21)12(15-20-13(16(24)25)17(2,3)26-15)19-14(23)11(18)9-4-6-10(22)7-5-9/h4-7,11-13,15,20,22H,18H2,1-3H3,(H,19,23)(H,24,25). The summed E-state index contributed by atoms with van der Waals surface area (Å²) >= 11 is 1.29. The topological polar surface area (TPSA) is 142 Å². The van der Waals surface area contributed by atoms with Crippen molar-refractivity contribution < 1.29 is 24.6 Å². The summed E-state index contributed by atoms with van der Waals surface area (Å²) in [6.07, 6.45) is 0. The predicted octanol–water partition coefficient (Wildman–Crippen LogP) is 0.360. The summed E-state index contributed by atoms with van der Waals surface area (Å²) in [4.78, 5) is 36.0. The fourth-order valence-electron chi connectivity index (χ4n) is 2.79. The van der Waals surface area contributed by atoms with E-state index in [9.17, 15) is 24.6 Å². The Bertz CT molecular complexity index is 707. The van der Waals surface area contributed by atoms with Crippen LogP contribution in [0.2, 0.25) is 0 Å². The van der Waals surface area contributed by atoms with Crippen LogP contribution in [0.5, 0.6) is 5.75 Å². The van der Waals surface area contributed by atoms with Crippen molar-refractivity contribution in [1.29, 1.82) is 0 Å². The Labute approximate surface area is 155 Å². The molecule has 9 heteroatoms. The molecule has 0 radical (unpaired) electrons. The summed E-state index contributed by atoms with van der Waals surface area (Å²) < 4.78 is -0.645. The van der Waals surface area contributed by atoms with E-state index in [4.69, 9.17) is 5.73 Å². The van der Waals surface area contributed by atoms with Gasteiger partial charge in [-0.1, -0.05) is 12.1 Å². The molecule has 1 amide bonds. The number of nitrogens with two attached hydrogens (primary N) is 1. The number of phenolic OH excluding ortho intramolecular Hbond substituents is 1. The van der Waals surface area contributed by atoms with E-state index in [2.05, 4.69) is 10.6 Å². The van der Waals surface area contributed by atoms with E-state index < -0.39 is 40.1 Å². The summed E-state index contributed by atoms with van der Waals surface area (Å²) in [6.45, 7) is 4.87. The molecule has 1 fully saturated rings. The highest BCUT2D eigenvalue weighted by Gasteiger charge is 2.48. The maximum atomic E-state index is 12.5. The molecule has 0 bridgehead atoms.